The molecule has 10 heteroatoms. The molecule has 0 radical (unpaired) electrons. The van der Waals surface area contributed by atoms with E-state index in [9.17, 15) is 22.4 Å². The van der Waals surface area contributed by atoms with Crippen LogP contribution in [0.2, 0.25) is 0 Å². The second-order valence-electron chi connectivity index (χ2n) is 7.45. The van der Waals surface area contributed by atoms with Crippen LogP contribution >= 0.6 is 0 Å². The van der Waals surface area contributed by atoms with Crippen LogP contribution in [0.1, 0.15) is 21.7 Å². The van der Waals surface area contributed by atoms with Gasteiger partial charge in [-0.05, 0) is 48.7 Å². The SMILES string of the molecule is CC(C)C[C@H](NS(=O)(=O)c1ccccc1)C(=O)Cn1c(-c2ccc(F)cc2)noc1=O.[HH]. The monoisotopic (exact) mass is 449 g/mol. The van der Waals surface area contributed by atoms with Gasteiger partial charge in [0.05, 0.1) is 17.5 Å². The maximum absolute atomic E-state index is 13.2. The van der Waals surface area contributed by atoms with Gasteiger partial charge < -0.3 is 0 Å². The predicted octanol–water partition coefficient (Wildman–Crippen LogP) is 2.85. The summed E-state index contributed by atoms with van der Waals surface area (Å²) in [6.07, 6.45) is 0.233. The highest BCUT2D eigenvalue weighted by Crippen LogP contribution is 2.18. The number of sulfonamides is 1. The Morgan fingerprint density at radius 1 is 1.16 bits per heavy atom. The summed E-state index contributed by atoms with van der Waals surface area (Å²) >= 11 is 0. The third kappa shape index (κ3) is 5.53. The normalized spacial score (nSPS) is 12.8. The van der Waals surface area contributed by atoms with Crippen molar-refractivity contribution in [2.75, 3.05) is 0 Å². The van der Waals surface area contributed by atoms with Crippen LogP contribution in [0, 0.1) is 11.7 Å². The van der Waals surface area contributed by atoms with Gasteiger partial charge in [0.15, 0.2) is 11.6 Å². The maximum Gasteiger partial charge on any atom is 0.442 e. The van der Waals surface area contributed by atoms with Gasteiger partial charge in [0.1, 0.15) is 5.82 Å². The summed E-state index contributed by atoms with van der Waals surface area (Å²) in [6, 6.07) is 11.8. The van der Waals surface area contributed by atoms with E-state index < -0.39 is 40.0 Å². The second kappa shape index (κ2) is 9.36. The first-order valence-corrected chi connectivity index (χ1v) is 11.1. The number of hydrogen-bond donors (Lipinski definition) is 1. The molecule has 0 unspecified atom stereocenters. The molecule has 0 aliphatic carbocycles. The Bertz CT molecular complexity index is 1210. The summed E-state index contributed by atoms with van der Waals surface area (Å²) in [5, 5.41) is 3.67. The third-order valence-corrected chi connectivity index (χ3v) is 6.04. The van der Waals surface area contributed by atoms with Crippen molar-refractivity contribution in [1.82, 2.24) is 14.4 Å². The molecule has 0 amide bonds. The number of nitrogens with one attached hydrogen (secondary N) is 1. The summed E-state index contributed by atoms with van der Waals surface area (Å²) in [4.78, 5) is 25.2. The average Bonchev–Trinajstić information content (AvgIpc) is 3.08. The van der Waals surface area contributed by atoms with Crippen LogP contribution in [0.15, 0.2) is 68.8 Å². The van der Waals surface area contributed by atoms with Crippen molar-refractivity contribution in [2.45, 2.75) is 37.8 Å². The van der Waals surface area contributed by atoms with Gasteiger partial charge in [-0.1, -0.05) is 37.2 Å². The Morgan fingerprint density at radius 2 is 1.81 bits per heavy atom. The summed E-state index contributed by atoms with van der Waals surface area (Å²) in [5.41, 5.74) is 0.380. The largest absolute Gasteiger partial charge is 0.442 e. The van der Waals surface area contributed by atoms with Crippen LogP contribution in [-0.2, 0) is 21.4 Å². The highest BCUT2D eigenvalue weighted by Gasteiger charge is 2.28. The Hall–Kier alpha value is -3.11. The summed E-state index contributed by atoms with van der Waals surface area (Å²) in [6.45, 7) is 3.25. The number of nitrogens with zero attached hydrogens (tertiary/aromatic N) is 2. The summed E-state index contributed by atoms with van der Waals surface area (Å²) in [5.74, 6) is -1.82. The molecule has 8 nitrogen and oxygen atoms in total. The lowest BCUT2D eigenvalue weighted by Gasteiger charge is -2.20. The standard InChI is InChI=1S/C21H22FN3O5S.H2/c1-14(2)12-18(24-31(28,29)17-6-4-3-5-7-17)19(26)13-25-20(23-30-21(25)27)15-8-10-16(22)11-9-15;/h3-11,14,18,24H,12-13H2,1-2H3;1H/t18-;/m0./s1. The van der Waals surface area contributed by atoms with Gasteiger partial charge in [-0.25, -0.2) is 26.9 Å². The molecule has 3 rings (SSSR count). The van der Waals surface area contributed by atoms with Crippen molar-refractivity contribution >= 4 is 15.8 Å². The molecule has 0 aliphatic rings. The summed E-state index contributed by atoms with van der Waals surface area (Å²) < 4.78 is 46.8. The van der Waals surface area contributed by atoms with Crippen molar-refractivity contribution in [2.24, 2.45) is 5.92 Å². The van der Waals surface area contributed by atoms with Gasteiger partial charge in [-0.15, -0.1) is 0 Å². The molecule has 3 aromatic rings. The van der Waals surface area contributed by atoms with Crippen LogP contribution in [-0.4, -0.2) is 30.0 Å². The fraction of sp³-hybridized carbons (Fsp3) is 0.286. The zero-order valence-corrected chi connectivity index (χ0v) is 17.8. The topological polar surface area (TPSA) is 111 Å². The zero-order valence-electron chi connectivity index (χ0n) is 17.0. The van der Waals surface area contributed by atoms with Crippen molar-refractivity contribution in [3.05, 3.63) is 71.0 Å². The first-order valence-electron chi connectivity index (χ1n) is 9.60. The number of ketones is 1. The number of carbonyl (C=O) groups is 1. The molecule has 2 aromatic carbocycles. The van der Waals surface area contributed by atoms with Gasteiger partial charge >= 0.3 is 5.76 Å². The second-order valence-corrected chi connectivity index (χ2v) is 9.16. The lowest BCUT2D eigenvalue weighted by molar-refractivity contribution is -0.121. The first kappa shape index (κ1) is 22.6. The number of halogens is 1. The minimum absolute atomic E-state index is 0. The van der Waals surface area contributed by atoms with Crippen molar-refractivity contribution < 1.29 is 23.6 Å². The van der Waals surface area contributed by atoms with Crippen LogP contribution in [0.5, 0.6) is 0 Å². The fourth-order valence-electron chi connectivity index (χ4n) is 3.05. The average molecular weight is 450 g/mol. The fourth-order valence-corrected chi connectivity index (χ4v) is 4.31. The molecule has 1 heterocycles. The Labute approximate surface area is 180 Å². The lowest BCUT2D eigenvalue weighted by Crippen LogP contribution is -2.43. The summed E-state index contributed by atoms with van der Waals surface area (Å²) in [7, 11) is -3.95. The predicted molar refractivity (Wildman–Crippen MR) is 113 cm³/mol. The molecule has 1 N–H and O–H groups in total. The minimum atomic E-state index is -3.95. The van der Waals surface area contributed by atoms with Gasteiger partial charge in [0.2, 0.25) is 10.0 Å². The van der Waals surface area contributed by atoms with Crippen LogP contribution in [0.4, 0.5) is 4.39 Å². The van der Waals surface area contributed by atoms with E-state index in [0.717, 1.165) is 4.57 Å². The number of carbonyl (C=O) groups excluding carboxylic acids is 1. The Morgan fingerprint density at radius 3 is 2.42 bits per heavy atom. The van der Waals surface area contributed by atoms with Gasteiger partial charge in [-0.3, -0.25) is 9.32 Å². The van der Waals surface area contributed by atoms with Crippen LogP contribution < -0.4 is 10.5 Å². The van der Waals surface area contributed by atoms with E-state index in [0.29, 0.717) is 5.56 Å². The van der Waals surface area contributed by atoms with E-state index in [4.69, 9.17) is 0 Å². The number of rotatable bonds is 9. The van der Waals surface area contributed by atoms with E-state index in [-0.39, 0.29) is 24.5 Å². The number of aromatic nitrogens is 2. The van der Waals surface area contributed by atoms with E-state index in [1.807, 2.05) is 13.8 Å². The van der Waals surface area contributed by atoms with E-state index in [2.05, 4.69) is 14.4 Å². The molecule has 0 aliphatic heterocycles. The molecule has 1 aromatic heterocycles. The van der Waals surface area contributed by atoms with E-state index in [1.165, 1.54) is 36.4 Å². The molecular weight excluding hydrogens is 425 g/mol. The zero-order chi connectivity index (χ0) is 22.6. The lowest BCUT2D eigenvalue weighted by atomic mass is 10.0. The Balaban J connectivity index is 0.00000363. The molecule has 0 bridgehead atoms. The van der Waals surface area contributed by atoms with Gasteiger partial charge in [0, 0.05) is 6.99 Å². The van der Waals surface area contributed by atoms with Crippen LogP contribution in [0.3, 0.4) is 0 Å². The van der Waals surface area contributed by atoms with E-state index >= 15 is 0 Å². The molecule has 0 saturated carbocycles. The van der Waals surface area contributed by atoms with Crippen molar-refractivity contribution in [1.29, 1.82) is 0 Å². The maximum atomic E-state index is 13.2. The highest BCUT2D eigenvalue weighted by atomic mass is 32.2. The molecule has 166 valence electrons. The van der Waals surface area contributed by atoms with Crippen LogP contribution in [0.25, 0.3) is 11.4 Å². The number of Topliss-reactive ketones (excluding diaryl/α,β-unsaturated/α-hetero) is 1. The highest BCUT2D eigenvalue weighted by molar-refractivity contribution is 7.89. The smallest absolute Gasteiger partial charge is 0.296 e. The van der Waals surface area contributed by atoms with Gasteiger partial charge in [0.25, 0.3) is 0 Å². The molecule has 0 saturated heterocycles. The third-order valence-electron chi connectivity index (χ3n) is 4.55. The quantitative estimate of drug-likeness (QED) is 0.538. The number of hydrogen-bond acceptors (Lipinski definition) is 6. The van der Waals surface area contributed by atoms with Gasteiger partial charge in [-0.2, -0.15) is 0 Å². The first-order chi connectivity index (χ1) is 14.7. The van der Waals surface area contributed by atoms with Crippen molar-refractivity contribution in [3.8, 4) is 11.4 Å². The molecule has 0 spiro atoms. The molecule has 31 heavy (non-hydrogen) atoms. The molecule has 1 atom stereocenters. The van der Waals surface area contributed by atoms with Crippen molar-refractivity contribution in [3.63, 3.8) is 0 Å². The van der Waals surface area contributed by atoms with E-state index in [1.54, 1.807) is 18.2 Å². The number of benzene rings is 2. The minimum Gasteiger partial charge on any atom is -0.296 e. The Kier molecular flexibility index (Phi) is 6.81. The molecular formula is C21H24FN3O5S. The molecule has 0 fully saturated rings.